The first-order chi connectivity index (χ1) is 6.19. The summed E-state index contributed by atoms with van der Waals surface area (Å²) in [5, 5.41) is 5.11. The molecule has 0 aromatic carbocycles. The van der Waals surface area contributed by atoms with Crippen molar-refractivity contribution in [3.05, 3.63) is 0 Å². The molecule has 2 rings (SSSR count). The van der Waals surface area contributed by atoms with Crippen molar-refractivity contribution >= 4 is 11.9 Å². The topological polar surface area (TPSA) is 58.2 Å². The van der Waals surface area contributed by atoms with Gasteiger partial charge >= 0.3 is 6.03 Å². The van der Waals surface area contributed by atoms with Gasteiger partial charge in [-0.15, -0.1) is 0 Å². The predicted molar refractivity (Wildman–Crippen MR) is 47.0 cm³/mol. The molecule has 0 aromatic rings. The van der Waals surface area contributed by atoms with Crippen LogP contribution in [0.1, 0.15) is 32.6 Å². The Bertz CT molecular complexity index is 260. The van der Waals surface area contributed by atoms with Gasteiger partial charge in [0, 0.05) is 0 Å². The Morgan fingerprint density at radius 1 is 1.46 bits per heavy atom. The van der Waals surface area contributed by atoms with Crippen LogP contribution in [-0.4, -0.2) is 17.5 Å². The molecule has 72 valence electrons. The van der Waals surface area contributed by atoms with Crippen molar-refractivity contribution in [3.63, 3.8) is 0 Å². The van der Waals surface area contributed by atoms with Crippen LogP contribution >= 0.6 is 0 Å². The Balaban J connectivity index is 2.21. The maximum atomic E-state index is 11.6. The SMILES string of the molecule is CCC[C@@]1(C2CC2)NC(=O)NC1=O. The van der Waals surface area contributed by atoms with Crippen molar-refractivity contribution in [2.24, 2.45) is 5.92 Å². The second-order valence-corrected chi connectivity index (χ2v) is 3.90. The van der Waals surface area contributed by atoms with Crippen LogP contribution in [-0.2, 0) is 4.79 Å². The highest BCUT2D eigenvalue weighted by Gasteiger charge is 2.54. The lowest BCUT2D eigenvalue weighted by atomic mass is 9.88. The lowest BCUT2D eigenvalue weighted by molar-refractivity contribution is -0.125. The van der Waals surface area contributed by atoms with Crippen LogP contribution in [0, 0.1) is 5.92 Å². The molecule has 1 heterocycles. The van der Waals surface area contributed by atoms with Crippen LogP contribution in [0.15, 0.2) is 0 Å². The van der Waals surface area contributed by atoms with Crippen molar-refractivity contribution in [3.8, 4) is 0 Å². The minimum Gasteiger partial charge on any atom is -0.323 e. The van der Waals surface area contributed by atoms with E-state index in [0.717, 1.165) is 25.7 Å². The molecule has 2 fully saturated rings. The summed E-state index contributed by atoms with van der Waals surface area (Å²) >= 11 is 0. The molecule has 0 radical (unpaired) electrons. The second kappa shape index (κ2) is 2.72. The first-order valence-electron chi connectivity index (χ1n) is 4.82. The average molecular weight is 182 g/mol. The first kappa shape index (κ1) is 8.53. The highest BCUT2D eigenvalue weighted by atomic mass is 16.2. The number of hydrogen-bond acceptors (Lipinski definition) is 2. The molecule has 2 N–H and O–H groups in total. The average Bonchev–Trinajstić information content (AvgIpc) is 2.82. The van der Waals surface area contributed by atoms with Crippen molar-refractivity contribution in [1.29, 1.82) is 0 Å². The fourth-order valence-electron chi connectivity index (χ4n) is 2.14. The fraction of sp³-hybridized carbons (Fsp3) is 0.778. The molecule has 2 aliphatic rings. The summed E-state index contributed by atoms with van der Waals surface area (Å²) in [6, 6.07) is -0.328. The Morgan fingerprint density at radius 2 is 2.15 bits per heavy atom. The van der Waals surface area contributed by atoms with Gasteiger partial charge in [0.15, 0.2) is 0 Å². The zero-order chi connectivity index (χ0) is 9.47. The van der Waals surface area contributed by atoms with Crippen LogP contribution in [0.25, 0.3) is 0 Å². The van der Waals surface area contributed by atoms with Gasteiger partial charge in [0.2, 0.25) is 0 Å². The summed E-state index contributed by atoms with van der Waals surface area (Å²) in [4.78, 5) is 22.6. The number of imide groups is 1. The molecular weight excluding hydrogens is 168 g/mol. The third kappa shape index (κ3) is 1.20. The highest BCUT2D eigenvalue weighted by Crippen LogP contribution is 2.43. The largest absolute Gasteiger partial charge is 0.323 e. The van der Waals surface area contributed by atoms with Crippen molar-refractivity contribution in [2.75, 3.05) is 0 Å². The van der Waals surface area contributed by atoms with Crippen LogP contribution in [0.3, 0.4) is 0 Å². The Morgan fingerprint density at radius 3 is 2.54 bits per heavy atom. The van der Waals surface area contributed by atoms with E-state index in [1.165, 1.54) is 0 Å². The number of hydrogen-bond donors (Lipinski definition) is 2. The van der Waals surface area contributed by atoms with Gasteiger partial charge in [0.05, 0.1) is 0 Å². The van der Waals surface area contributed by atoms with Crippen LogP contribution < -0.4 is 10.6 Å². The van der Waals surface area contributed by atoms with Gasteiger partial charge in [-0.1, -0.05) is 13.3 Å². The van der Waals surface area contributed by atoms with Crippen LogP contribution in [0.2, 0.25) is 0 Å². The summed E-state index contributed by atoms with van der Waals surface area (Å²) < 4.78 is 0. The zero-order valence-corrected chi connectivity index (χ0v) is 7.72. The molecule has 0 bridgehead atoms. The van der Waals surface area contributed by atoms with Crippen molar-refractivity contribution < 1.29 is 9.59 Å². The second-order valence-electron chi connectivity index (χ2n) is 3.90. The summed E-state index contributed by atoms with van der Waals surface area (Å²) in [6.45, 7) is 2.03. The molecule has 4 heteroatoms. The predicted octanol–water partition coefficient (Wildman–Crippen LogP) is 0.775. The normalized spacial score (nSPS) is 33.0. The van der Waals surface area contributed by atoms with E-state index in [9.17, 15) is 9.59 Å². The summed E-state index contributed by atoms with van der Waals surface area (Å²) in [5.74, 6) is 0.251. The van der Waals surface area contributed by atoms with Crippen LogP contribution in [0.5, 0.6) is 0 Å². The first-order valence-corrected chi connectivity index (χ1v) is 4.82. The van der Waals surface area contributed by atoms with E-state index in [0.29, 0.717) is 5.92 Å². The third-order valence-electron chi connectivity index (χ3n) is 2.89. The summed E-state index contributed by atoms with van der Waals surface area (Å²) in [6.07, 6.45) is 3.81. The third-order valence-corrected chi connectivity index (χ3v) is 2.89. The van der Waals surface area contributed by atoms with Crippen molar-refractivity contribution in [2.45, 2.75) is 38.1 Å². The van der Waals surface area contributed by atoms with E-state index in [-0.39, 0.29) is 11.9 Å². The quantitative estimate of drug-likeness (QED) is 0.633. The van der Waals surface area contributed by atoms with E-state index < -0.39 is 5.54 Å². The van der Waals surface area contributed by atoms with Gasteiger partial charge in [0.25, 0.3) is 5.91 Å². The van der Waals surface area contributed by atoms with Crippen LogP contribution in [0.4, 0.5) is 4.79 Å². The number of carbonyl (C=O) groups is 2. The molecule has 13 heavy (non-hydrogen) atoms. The molecule has 1 saturated carbocycles. The molecule has 0 aromatic heterocycles. The van der Waals surface area contributed by atoms with E-state index in [2.05, 4.69) is 10.6 Å². The monoisotopic (exact) mass is 182 g/mol. The zero-order valence-electron chi connectivity index (χ0n) is 7.72. The lowest BCUT2D eigenvalue weighted by Crippen LogP contribution is -2.48. The summed E-state index contributed by atoms with van der Waals surface area (Å²) in [5.41, 5.74) is -0.564. The molecule has 1 aliphatic carbocycles. The Labute approximate surface area is 77.1 Å². The fourth-order valence-corrected chi connectivity index (χ4v) is 2.14. The minimum absolute atomic E-state index is 0.123. The molecule has 1 atom stereocenters. The van der Waals surface area contributed by atoms with Gasteiger partial charge < -0.3 is 5.32 Å². The number of amides is 3. The molecule has 1 saturated heterocycles. The van der Waals surface area contributed by atoms with Gasteiger partial charge in [-0.3, -0.25) is 10.1 Å². The van der Waals surface area contributed by atoms with E-state index in [1.54, 1.807) is 0 Å². The Kier molecular flexibility index (Phi) is 1.78. The molecule has 0 unspecified atom stereocenters. The van der Waals surface area contributed by atoms with Gasteiger partial charge in [-0.25, -0.2) is 4.79 Å². The number of carbonyl (C=O) groups excluding carboxylic acids is 2. The molecule has 3 amide bonds. The lowest BCUT2D eigenvalue weighted by Gasteiger charge is -2.24. The smallest absolute Gasteiger partial charge is 0.322 e. The maximum absolute atomic E-state index is 11.6. The Hall–Kier alpha value is -1.06. The molecule has 0 spiro atoms. The van der Waals surface area contributed by atoms with E-state index in [1.807, 2.05) is 6.92 Å². The van der Waals surface area contributed by atoms with Gasteiger partial charge in [-0.05, 0) is 25.2 Å². The molecule has 4 nitrogen and oxygen atoms in total. The number of rotatable bonds is 3. The standard InChI is InChI=1S/C9H14N2O2/c1-2-5-9(6-3-4-6)7(12)10-8(13)11-9/h6H,2-5H2,1H3,(H2,10,11,12,13)/t9-/m0/s1. The van der Waals surface area contributed by atoms with E-state index in [4.69, 9.17) is 0 Å². The van der Waals surface area contributed by atoms with Gasteiger partial charge in [0.1, 0.15) is 5.54 Å². The minimum atomic E-state index is -0.564. The van der Waals surface area contributed by atoms with E-state index >= 15 is 0 Å². The number of urea groups is 1. The maximum Gasteiger partial charge on any atom is 0.322 e. The number of nitrogens with one attached hydrogen (secondary N) is 2. The highest BCUT2D eigenvalue weighted by molar-refractivity contribution is 6.07. The molecule has 1 aliphatic heterocycles. The van der Waals surface area contributed by atoms with Crippen molar-refractivity contribution in [1.82, 2.24) is 10.6 Å². The molecular formula is C9H14N2O2. The van der Waals surface area contributed by atoms with Gasteiger partial charge in [-0.2, -0.15) is 0 Å². The summed E-state index contributed by atoms with van der Waals surface area (Å²) in [7, 11) is 0.